The van der Waals surface area contributed by atoms with Crippen LogP contribution in [0.3, 0.4) is 0 Å². The van der Waals surface area contributed by atoms with Gasteiger partial charge >= 0.3 is 6.18 Å². The van der Waals surface area contributed by atoms with Gasteiger partial charge in [-0.1, -0.05) is 12.1 Å². The maximum Gasteiger partial charge on any atom is 0.418 e. The molecular weight excluding hydrogens is 243 g/mol. The fourth-order valence-electron chi connectivity index (χ4n) is 1.98. The number of aryl methyl sites for hydroxylation is 1. The van der Waals surface area contributed by atoms with Gasteiger partial charge in [-0.15, -0.1) is 0 Å². The summed E-state index contributed by atoms with van der Waals surface area (Å²) in [6.45, 7) is 3.13. The van der Waals surface area contributed by atoms with Crippen molar-refractivity contribution in [1.82, 2.24) is 4.98 Å². The third-order valence-electron chi connectivity index (χ3n) is 2.76. The molecule has 1 N–H and O–H groups in total. The first-order valence-electron chi connectivity index (χ1n) is 5.46. The van der Waals surface area contributed by atoms with Gasteiger partial charge in [-0.2, -0.15) is 13.2 Å². The summed E-state index contributed by atoms with van der Waals surface area (Å²) in [7, 11) is 0. The van der Waals surface area contributed by atoms with E-state index in [1.165, 1.54) is 13.0 Å². The molecule has 0 aliphatic heterocycles. The van der Waals surface area contributed by atoms with Crippen LogP contribution in [0.1, 0.15) is 29.8 Å². The van der Waals surface area contributed by atoms with Gasteiger partial charge in [-0.05, 0) is 31.5 Å². The zero-order valence-corrected chi connectivity index (χ0v) is 9.92. The van der Waals surface area contributed by atoms with Gasteiger partial charge in [0.1, 0.15) is 0 Å². The molecule has 1 aromatic carbocycles. The van der Waals surface area contributed by atoms with Gasteiger partial charge in [0.15, 0.2) is 0 Å². The lowest BCUT2D eigenvalue weighted by Gasteiger charge is -2.14. The van der Waals surface area contributed by atoms with E-state index in [1.54, 1.807) is 19.1 Å². The molecule has 96 valence electrons. The molecule has 0 saturated heterocycles. The minimum Gasteiger partial charge on any atom is -0.389 e. The van der Waals surface area contributed by atoms with Crippen LogP contribution in [0.4, 0.5) is 13.2 Å². The molecule has 0 radical (unpaired) electrons. The van der Waals surface area contributed by atoms with Crippen LogP contribution >= 0.6 is 0 Å². The molecule has 0 saturated carbocycles. The Morgan fingerprint density at radius 1 is 1.28 bits per heavy atom. The summed E-state index contributed by atoms with van der Waals surface area (Å²) in [5, 5.41) is 9.97. The van der Waals surface area contributed by atoms with Gasteiger partial charge in [-0.3, -0.25) is 4.98 Å². The van der Waals surface area contributed by atoms with Crippen LogP contribution in [0.2, 0.25) is 0 Å². The first kappa shape index (κ1) is 12.8. The lowest BCUT2D eigenvalue weighted by Crippen LogP contribution is -2.08. The zero-order valence-electron chi connectivity index (χ0n) is 9.92. The Morgan fingerprint density at radius 3 is 2.50 bits per heavy atom. The molecule has 0 bridgehead atoms. The number of alkyl halides is 3. The zero-order chi connectivity index (χ0) is 13.5. The highest BCUT2D eigenvalue weighted by Gasteiger charge is 2.33. The Bertz CT molecular complexity index is 591. The minimum atomic E-state index is -4.45. The van der Waals surface area contributed by atoms with Crippen molar-refractivity contribution in [3.05, 3.63) is 41.1 Å². The Hall–Kier alpha value is -1.62. The lowest BCUT2D eigenvalue weighted by atomic mass is 10.0. The highest BCUT2D eigenvalue weighted by atomic mass is 19.4. The normalized spacial score (nSPS) is 13.9. The quantitative estimate of drug-likeness (QED) is 0.844. The van der Waals surface area contributed by atoms with Crippen LogP contribution < -0.4 is 0 Å². The second-order valence-electron chi connectivity index (χ2n) is 4.23. The van der Waals surface area contributed by atoms with Crippen molar-refractivity contribution in [3.63, 3.8) is 0 Å². The van der Waals surface area contributed by atoms with Crippen molar-refractivity contribution in [2.24, 2.45) is 0 Å². The molecule has 2 aromatic rings. The van der Waals surface area contributed by atoms with Crippen molar-refractivity contribution in [3.8, 4) is 0 Å². The van der Waals surface area contributed by atoms with Crippen molar-refractivity contribution in [1.29, 1.82) is 0 Å². The van der Waals surface area contributed by atoms with E-state index in [9.17, 15) is 18.3 Å². The van der Waals surface area contributed by atoms with E-state index in [0.717, 1.165) is 6.07 Å². The van der Waals surface area contributed by atoms with Crippen molar-refractivity contribution in [2.45, 2.75) is 26.1 Å². The first-order chi connectivity index (χ1) is 8.30. The van der Waals surface area contributed by atoms with Gasteiger partial charge in [0.2, 0.25) is 0 Å². The van der Waals surface area contributed by atoms with Gasteiger partial charge in [-0.25, -0.2) is 0 Å². The molecule has 0 amide bonds. The second kappa shape index (κ2) is 4.24. The molecule has 0 fully saturated rings. The number of aliphatic hydroxyl groups is 1. The Kier molecular flexibility index (Phi) is 3.02. The SMILES string of the molecule is Cc1cc(C(C)O)c2cccc(C(F)(F)F)c2n1. The molecule has 1 heterocycles. The summed E-state index contributed by atoms with van der Waals surface area (Å²) in [5.41, 5.74) is 0.0326. The molecule has 0 spiro atoms. The van der Waals surface area contributed by atoms with Gasteiger partial charge in [0.05, 0.1) is 17.2 Å². The van der Waals surface area contributed by atoms with E-state index < -0.39 is 17.8 Å². The molecule has 18 heavy (non-hydrogen) atoms. The monoisotopic (exact) mass is 255 g/mol. The van der Waals surface area contributed by atoms with Crippen molar-refractivity contribution < 1.29 is 18.3 Å². The van der Waals surface area contributed by atoms with Crippen LogP contribution in [0.25, 0.3) is 10.9 Å². The third-order valence-corrected chi connectivity index (χ3v) is 2.76. The average Bonchev–Trinajstić information content (AvgIpc) is 2.25. The summed E-state index contributed by atoms with van der Waals surface area (Å²) in [6, 6.07) is 5.47. The van der Waals surface area contributed by atoms with E-state index in [2.05, 4.69) is 4.98 Å². The first-order valence-corrected chi connectivity index (χ1v) is 5.46. The molecule has 5 heteroatoms. The van der Waals surface area contributed by atoms with Gasteiger partial charge in [0.25, 0.3) is 0 Å². The van der Waals surface area contributed by atoms with Gasteiger partial charge < -0.3 is 5.11 Å². The number of nitrogens with zero attached hydrogens (tertiary/aromatic N) is 1. The molecule has 1 atom stereocenters. The third kappa shape index (κ3) is 2.18. The predicted octanol–water partition coefficient (Wildman–Crippen LogP) is 3.62. The number of rotatable bonds is 1. The molecule has 1 aromatic heterocycles. The average molecular weight is 255 g/mol. The number of para-hydroxylation sites is 1. The van der Waals surface area contributed by atoms with E-state index >= 15 is 0 Å². The molecule has 0 aliphatic carbocycles. The molecular formula is C13H12F3NO. The highest BCUT2D eigenvalue weighted by molar-refractivity contribution is 5.86. The fraction of sp³-hybridized carbons (Fsp3) is 0.308. The minimum absolute atomic E-state index is 0.110. The number of fused-ring (bicyclic) bond motifs is 1. The number of hydrogen-bond acceptors (Lipinski definition) is 2. The van der Waals surface area contributed by atoms with Crippen LogP contribution in [0.5, 0.6) is 0 Å². The number of pyridine rings is 1. The Morgan fingerprint density at radius 2 is 1.94 bits per heavy atom. The fourth-order valence-corrected chi connectivity index (χ4v) is 1.98. The highest BCUT2D eigenvalue weighted by Crippen LogP contribution is 2.35. The molecule has 0 aliphatic rings. The van der Waals surface area contributed by atoms with Gasteiger partial charge in [0, 0.05) is 11.1 Å². The van der Waals surface area contributed by atoms with Crippen molar-refractivity contribution in [2.75, 3.05) is 0 Å². The smallest absolute Gasteiger partial charge is 0.389 e. The topological polar surface area (TPSA) is 33.1 Å². The summed E-state index contributed by atoms with van der Waals surface area (Å²) in [4.78, 5) is 3.95. The molecule has 1 unspecified atom stereocenters. The summed E-state index contributed by atoms with van der Waals surface area (Å²) < 4.78 is 38.6. The number of benzene rings is 1. The molecule has 2 rings (SSSR count). The van der Waals surface area contributed by atoms with Crippen LogP contribution in [0.15, 0.2) is 24.3 Å². The summed E-state index contributed by atoms with van der Waals surface area (Å²) >= 11 is 0. The number of aliphatic hydroxyl groups excluding tert-OH is 1. The largest absolute Gasteiger partial charge is 0.418 e. The van der Waals surface area contributed by atoms with Crippen molar-refractivity contribution >= 4 is 10.9 Å². The lowest BCUT2D eigenvalue weighted by molar-refractivity contribution is -0.136. The standard InChI is InChI=1S/C13H12F3NO/c1-7-6-10(8(2)18)9-4-3-5-11(12(9)17-7)13(14,15)16/h3-6,8,18H,1-2H3. The number of aromatic nitrogens is 1. The maximum absolute atomic E-state index is 12.9. The Labute approximate surface area is 102 Å². The summed E-state index contributed by atoms with van der Waals surface area (Å²) in [5.74, 6) is 0. The molecule has 2 nitrogen and oxygen atoms in total. The predicted molar refractivity (Wildman–Crippen MR) is 62.1 cm³/mol. The second-order valence-corrected chi connectivity index (χ2v) is 4.23. The van der Waals surface area contributed by atoms with E-state index in [4.69, 9.17) is 0 Å². The van der Waals surface area contributed by atoms with E-state index in [-0.39, 0.29) is 5.52 Å². The maximum atomic E-state index is 12.9. The van der Waals surface area contributed by atoms with Crippen LogP contribution in [-0.4, -0.2) is 10.1 Å². The van der Waals surface area contributed by atoms with E-state index in [1.807, 2.05) is 0 Å². The summed E-state index contributed by atoms with van der Waals surface area (Å²) in [6.07, 6.45) is -5.28. The number of halogens is 3. The van der Waals surface area contributed by atoms with Crippen LogP contribution in [-0.2, 0) is 6.18 Å². The Balaban J connectivity index is 2.86. The van der Waals surface area contributed by atoms with E-state index in [0.29, 0.717) is 16.6 Å². The van der Waals surface area contributed by atoms with Crippen LogP contribution in [0, 0.1) is 6.92 Å². The number of hydrogen-bond donors (Lipinski definition) is 1.